The van der Waals surface area contributed by atoms with Gasteiger partial charge in [-0.1, -0.05) is 13.3 Å². The summed E-state index contributed by atoms with van der Waals surface area (Å²) >= 11 is 2.03. The number of hydrogen-bond donors (Lipinski definition) is 1. The number of fused-ring (bicyclic) bond motifs is 1. The SMILES string of the molecule is C=N/C(=C\C(=NCc1cc(CCC)nc2[nH]ccc12)C1CCCS1)N1CCCCC1C. The summed E-state index contributed by atoms with van der Waals surface area (Å²) in [5, 5.41) is 1.63. The van der Waals surface area contributed by atoms with Gasteiger partial charge in [0.25, 0.3) is 0 Å². The molecule has 31 heavy (non-hydrogen) atoms. The molecule has 2 atom stereocenters. The number of aryl methyl sites for hydroxylation is 1. The monoisotopic (exact) mass is 437 g/mol. The Morgan fingerprint density at radius 3 is 3.00 bits per heavy atom. The van der Waals surface area contributed by atoms with Crippen molar-refractivity contribution in [3.63, 3.8) is 0 Å². The molecule has 2 saturated heterocycles. The quantitative estimate of drug-likeness (QED) is 0.534. The minimum atomic E-state index is 0.454. The summed E-state index contributed by atoms with van der Waals surface area (Å²) < 4.78 is 0. The summed E-state index contributed by atoms with van der Waals surface area (Å²) in [5.74, 6) is 2.21. The predicted molar refractivity (Wildman–Crippen MR) is 134 cm³/mol. The Balaban J connectivity index is 1.66. The van der Waals surface area contributed by atoms with Crippen LogP contribution in [0.4, 0.5) is 0 Å². The van der Waals surface area contributed by atoms with Crippen LogP contribution in [0.3, 0.4) is 0 Å². The smallest absolute Gasteiger partial charge is 0.137 e. The number of H-pyrrole nitrogens is 1. The molecule has 4 rings (SSSR count). The summed E-state index contributed by atoms with van der Waals surface area (Å²) in [6.07, 6.45) is 12.5. The van der Waals surface area contributed by atoms with Gasteiger partial charge in [0.2, 0.25) is 0 Å². The first-order valence-corrected chi connectivity index (χ1v) is 12.8. The molecule has 0 saturated carbocycles. The second kappa shape index (κ2) is 10.5. The maximum Gasteiger partial charge on any atom is 0.137 e. The van der Waals surface area contributed by atoms with Crippen LogP contribution in [0.15, 0.2) is 40.2 Å². The van der Waals surface area contributed by atoms with Gasteiger partial charge >= 0.3 is 0 Å². The molecule has 0 radical (unpaired) electrons. The van der Waals surface area contributed by atoms with Crippen molar-refractivity contribution in [3.8, 4) is 0 Å². The molecule has 2 unspecified atom stereocenters. The van der Waals surface area contributed by atoms with Gasteiger partial charge in [-0.25, -0.2) is 9.98 Å². The lowest BCUT2D eigenvalue weighted by Gasteiger charge is -2.35. The molecular weight excluding hydrogens is 402 g/mol. The van der Waals surface area contributed by atoms with Crippen molar-refractivity contribution < 1.29 is 0 Å². The molecule has 2 aliphatic heterocycles. The van der Waals surface area contributed by atoms with Crippen LogP contribution in [0.2, 0.25) is 0 Å². The maximum absolute atomic E-state index is 5.18. The van der Waals surface area contributed by atoms with E-state index < -0.39 is 0 Å². The van der Waals surface area contributed by atoms with Crippen LogP contribution in [0.25, 0.3) is 11.0 Å². The number of hydrogen-bond acceptors (Lipinski definition) is 5. The van der Waals surface area contributed by atoms with E-state index in [1.807, 2.05) is 18.0 Å². The Morgan fingerprint density at radius 2 is 2.26 bits per heavy atom. The largest absolute Gasteiger partial charge is 0.354 e. The van der Waals surface area contributed by atoms with Crippen molar-refractivity contribution in [2.45, 2.75) is 76.6 Å². The molecule has 2 aromatic rings. The van der Waals surface area contributed by atoms with Gasteiger partial charge in [0.05, 0.1) is 12.3 Å². The van der Waals surface area contributed by atoms with Crippen molar-refractivity contribution >= 4 is 35.2 Å². The number of rotatable bonds is 8. The van der Waals surface area contributed by atoms with Crippen LogP contribution in [-0.4, -0.2) is 50.9 Å². The maximum atomic E-state index is 5.18. The molecular formula is C25H35N5S. The zero-order chi connectivity index (χ0) is 21.6. The van der Waals surface area contributed by atoms with Crippen LogP contribution in [0.5, 0.6) is 0 Å². The van der Waals surface area contributed by atoms with Crippen LogP contribution >= 0.6 is 11.8 Å². The Hall–Kier alpha value is -2.08. The number of pyridine rings is 1. The summed E-state index contributed by atoms with van der Waals surface area (Å²) in [5.41, 5.74) is 4.54. The Morgan fingerprint density at radius 1 is 1.35 bits per heavy atom. The number of thioether (sulfide) groups is 1. The van der Waals surface area contributed by atoms with Crippen molar-refractivity contribution in [1.29, 1.82) is 0 Å². The highest BCUT2D eigenvalue weighted by atomic mass is 32.2. The van der Waals surface area contributed by atoms with Gasteiger partial charge in [-0.05, 0) is 75.6 Å². The highest BCUT2D eigenvalue weighted by Gasteiger charge is 2.24. The fourth-order valence-corrected chi connectivity index (χ4v) is 5.96. The molecule has 0 aromatic carbocycles. The van der Waals surface area contributed by atoms with Crippen molar-refractivity contribution in [3.05, 3.63) is 41.5 Å². The second-order valence-corrected chi connectivity index (χ2v) is 10.0. The number of aromatic amines is 1. The number of likely N-dealkylation sites (tertiary alicyclic amines) is 1. The number of allylic oxidation sites excluding steroid dienone is 1. The van der Waals surface area contributed by atoms with E-state index in [9.17, 15) is 0 Å². The summed E-state index contributed by atoms with van der Waals surface area (Å²) in [6.45, 7) is 10.1. The average Bonchev–Trinajstić information content (AvgIpc) is 3.47. The van der Waals surface area contributed by atoms with E-state index in [0.29, 0.717) is 17.8 Å². The molecule has 0 spiro atoms. The van der Waals surface area contributed by atoms with E-state index in [4.69, 9.17) is 9.98 Å². The van der Waals surface area contributed by atoms with Crippen LogP contribution in [0.1, 0.15) is 63.6 Å². The Bertz CT molecular complexity index is 954. The molecule has 2 aromatic heterocycles. The van der Waals surface area contributed by atoms with E-state index >= 15 is 0 Å². The summed E-state index contributed by atoms with van der Waals surface area (Å²) in [7, 11) is 0. The zero-order valence-corrected chi connectivity index (χ0v) is 19.8. The topological polar surface area (TPSA) is 56.6 Å². The second-order valence-electron chi connectivity index (χ2n) is 8.70. The number of nitrogens with zero attached hydrogens (tertiary/aromatic N) is 4. The van der Waals surface area contributed by atoms with Gasteiger partial charge in [-0.2, -0.15) is 11.8 Å². The van der Waals surface area contributed by atoms with Gasteiger partial charge in [-0.15, -0.1) is 0 Å². The van der Waals surface area contributed by atoms with Crippen molar-refractivity contribution in [2.24, 2.45) is 9.98 Å². The number of piperidine rings is 1. The third kappa shape index (κ3) is 5.22. The third-order valence-electron chi connectivity index (χ3n) is 6.40. The average molecular weight is 438 g/mol. The van der Waals surface area contributed by atoms with Crippen molar-refractivity contribution in [2.75, 3.05) is 12.3 Å². The van der Waals surface area contributed by atoms with E-state index in [2.05, 4.69) is 53.7 Å². The van der Waals surface area contributed by atoms with Gasteiger partial charge in [0, 0.05) is 41.2 Å². The van der Waals surface area contributed by atoms with E-state index in [0.717, 1.165) is 36.5 Å². The molecule has 0 aliphatic carbocycles. The van der Waals surface area contributed by atoms with Gasteiger partial charge in [0.1, 0.15) is 11.5 Å². The van der Waals surface area contributed by atoms with Crippen molar-refractivity contribution in [1.82, 2.24) is 14.9 Å². The van der Waals surface area contributed by atoms with E-state index in [1.165, 1.54) is 54.5 Å². The first-order valence-electron chi connectivity index (χ1n) is 11.8. The zero-order valence-electron chi connectivity index (χ0n) is 18.9. The minimum absolute atomic E-state index is 0.454. The third-order valence-corrected chi connectivity index (χ3v) is 7.81. The molecule has 2 fully saturated rings. The summed E-state index contributed by atoms with van der Waals surface area (Å²) in [6, 6.07) is 4.87. The lowest BCUT2D eigenvalue weighted by atomic mass is 10.0. The molecule has 2 aliphatic rings. The number of aromatic nitrogens is 2. The highest BCUT2D eigenvalue weighted by Crippen LogP contribution is 2.30. The molecule has 6 heteroatoms. The lowest BCUT2D eigenvalue weighted by molar-refractivity contribution is 0.207. The number of nitrogens with one attached hydrogen (secondary N) is 1. The summed E-state index contributed by atoms with van der Waals surface area (Å²) in [4.78, 5) is 20.1. The standard InChI is InChI=1S/C25H35N5S/c1-4-8-20-15-19(21-11-12-27-25(21)29-20)17-28-22(23-10-7-14-31-23)16-24(26-3)30-13-6-5-9-18(30)2/h11-12,15-16,18,23H,3-10,13-14,17H2,1-2H3,(H,27,29)/b24-16+,28-22?. The molecule has 0 bridgehead atoms. The lowest BCUT2D eigenvalue weighted by Crippen LogP contribution is -2.36. The molecule has 0 amide bonds. The Kier molecular flexibility index (Phi) is 7.49. The fraction of sp³-hybridized carbons (Fsp3) is 0.560. The van der Waals surface area contributed by atoms with Crippen LogP contribution < -0.4 is 0 Å². The number of aliphatic imine (C=N–C) groups is 2. The highest BCUT2D eigenvalue weighted by molar-refractivity contribution is 8.00. The first kappa shape index (κ1) is 22.1. The van der Waals surface area contributed by atoms with Gasteiger partial charge in [0.15, 0.2) is 0 Å². The minimum Gasteiger partial charge on any atom is -0.354 e. The molecule has 1 N–H and O–H groups in total. The van der Waals surface area contributed by atoms with Crippen LogP contribution in [-0.2, 0) is 13.0 Å². The van der Waals surface area contributed by atoms with E-state index in [1.54, 1.807) is 0 Å². The molecule has 5 nitrogen and oxygen atoms in total. The predicted octanol–water partition coefficient (Wildman–Crippen LogP) is 5.77. The van der Waals surface area contributed by atoms with Crippen LogP contribution in [0, 0.1) is 0 Å². The first-order chi connectivity index (χ1) is 15.2. The van der Waals surface area contributed by atoms with E-state index in [-0.39, 0.29) is 0 Å². The molecule has 4 heterocycles. The Labute approximate surface area is 190 Å². The van der Waals surface area contributed by atoms with Gasteiger partial charge < -0.3 is 9.88 Å². The normalized spacial score (nSPS) is 23.0. The van der Waals surface area contributed by atoms with Gasteiger partial charge in [-0.3, -0.25) is 4.99 Å². The molecule has 166 valence electrons. The fourth-order valence-electron chi connectivity index (χ4n) is 4.70.